The number of aromatic nitrogens is 5. The van der Waals surface area contributed by atoms with E-state index in [-0.39, 0.29) is 5.41 Å². The Labute approximate surface area is 167 Å². The maximum absolute atomic E-state index is 4.75. The van der Waals surface area contributed by atoms with Crippen molar-refractivity contribution in [3.8, 4) is 0 Å². The molecule has 0 spiro atoms. The number of hydrogen-bond donors (Lipinski definition) is 0. The van der Waals surface area contributed by atoms with Crippen LogP contribution in [-0.2, 0) is 5.41 Å². The number of piperazine rings is 1. The van der Waals surface area contributed by atoms with Gasteiger partial charge in [-0.15, -0.1) is 11.3 Å². The van der Waals surface area contributed by atoms with E-state index < -0.39 is 0 Å². The zero-order chi connectivity index (χ0) is 19.3. The lowest BCUT2D eigenvalue weighted by molar-refractivity contribution is 0.562. The molecular weight excluding hydrogens is 370 g/mol. The minimum absolute atomic E-state index is 0.0150. The summed E-state index contributed by atoms with van der Waals surface area (Å²) in [6.07, 6.45) is 5.44. The molecule has 7 nitrogen and oxygen atoms in total. The fraction of sp³-hybridized carbons (Fsp3) is 0.400. The van der Waals surface area contributed by atoms with E-state index in [4.69, 9.17) is 5.10 Å². The molecule has 8 heteroatoms. The van der Waals surface area contributed by atoms with Gasteiger partial charge in [0.2, 0.25) is 0 Å². The molecule has 0 aromatic carbocycles. The molecule has 0 unspecified atom stereocenters. The number of nitrogens with zero attached hydrogens (tertiary/aromatic N) is 7. The molecule has 0 N–H and O–H groups in total. The van der Waals surface area contributed by atoms with Gasteiger partial charge in [-0.05, 0) is 17.5 Å². The van der Waals surface area contributed by atoms with Crippen LogP contribution in [0.1, 0.15) is 26.5 Å². The first-order chi connectivity index (χ1) is 13.5. The summed E-state index contributed by atoms with van der Waals surface area (Å²) in [5.74, 6) is 2.05. The first kappa shape index (κ1) is 17.4. The van der Waals surface area contributed by atoms with Gasteiger partial charge in [-0.1, -0.05) is 20.8 Å². The molecule has 0 atom stereocenters. The Morgan fingerprint density at radius 2 is 1.71 bits per heavy atom. The van der Waals surface area contributed by atoms with Crippen molar-refractivity contribution in [3.63, 3.8) is 0 Å². The normalized spacial score (nSPS) is 15.7. The summed E-state index contributed by atoms with van der Waals surface area (Å²) in [6, 6.07) is 4.23. The van der Waals surface area contributed by atoms with Crippen molar-refractivity contribution in [2.45, 2.75) is 26.2 Å². The van der Waals surface area contributed by atoms with Gasteiger partial charge in [0.25, 0.3) is 0 Å². The van der Waals surface area contributed by atoms with E-state index in [2.05, 4.69) is 63.0 Å². The quantitative estimate of drug-likeness (QED) is 0.520. The minimum atomic E-state index is 0.0150. The van der Waals surface area contributed by atoms with Crippen LogP contribution in [0, 0.1) is 0 Å². The van der Waals surface area contributed by atoms with Gasteiger partial charge in [0, 0.05) is 44.0 Å². The highest BCUT2D eigenvalue weighted by Gasteiger charge is 2.24. The van der Waals surface area contributed by atoms with Gasteiger partial charge in [-0.2, -0.15) is 5.10 Å². The van der Waals surface area contributed by atoms with Crippen molar-refractivity contribution in [1.82, 2.24) is 24.6 Å². The topological polar surface area (TPSA) is 62.5 Å². The van der Waals surface area contributed by atoms with E-state index in [0.717, 1.165) is 54.5 Å². The number of hydrogen-bond acceptors (Lipinski definition) is 7. The molecule has 0 aliphatic carbocycles. The largest absolute Gasteiger partial charge is 0.352 e. The molecular formula is C20H23N7S. The Morgan fingerprint density at radius 3 is 2.46 bits per heavy atom. The van der Waals surface area contributed by atoms with Crippen molar-refractivity contribution in [3.05, 3.63) is 41.9 Å². The maximum atomic E-state index is 4.75. The average molecular weight is 394 g/mol. The molecule has 1 aliphatic rings. The van der Waals surface area contributed by atoms with E-state index in [0.29, 0.717) is 0 Å². The summed E-state index contributed by atoms with van der Waals surface area (Å²) in [5.41, 5.74) is 3.20. The Kier molecular flexibility index (Phi) is 3.97. The number of anilines is 2. The zero-order valence-electron chi connectivity index (χ0n) is 16.3. The van der Waals surface area contributed by atoms with Gasteiger partial charge in [-0.3, -0.25) is 0 Å². The highest BCUT2D eigenvalue weighted by atomic mass is 32.1. The van der Waals surface area contributed by atoms with Crippen molar-refractivity contribution in [1.29, 1.82) is 0 Å². The molecule has 4 aromatic heterocycles. The van der Waals surface area contributed by atoms with E-state index in [1.807, 2.05) is 16.9 Å². The van der Waals surface area contributed by atoms with Crippen LogP contribution in [0.5, 0.6) is 0 Å². The number of rotatable bonds is 2. The van der Waals surface area contributed by atoms with Crippen LogP contribution in [0.25, 0.3) is 15.7 Å². The summed E-state index contributed by atoms with van der Waals surface area (Å²) >= 11 is 1.71. The summed E-state index contributed by atoms with van der Waals surface area (Å²) < 4.78 is 3.12. The molecule has 4 aromatic rings. The van der Waals surface area contributed by atoms with Gasteiger partial charge in [0.15, 0.2) is 5.82 Å². The molecule has 5 heterocycles. The summed E-state index contributed by atoms with van der Waals surface area (Å²) in [4.78, 5) is 18.3. The third kappa shape index (κ3) is 2.88. The van der Waals surface area contributed by atoms with Gasteiger partial charge >= 0.3 is 0 Å². The number of fused-ring (bicyclic) bond motifs is 2. The molecule has 1 aliphatic heterocycles. The van der Waals surface area contributed by atoms with Crippen molar-refractivity contribution < 1.29 is 0 Å². The van der Waals surface area contributed by atoms with Gasteiger partial charge < -0.3 is 9.80 Å². The fourth-order valence-corrected chi connectivity index (χ4v) is 4.51. The highest BCUT2D eigenvalue weighted by molar-refractivity contribution is 7.17. The Bertz CT molecular complexity index is 1130. The van der Waals surface area contributed by atoms with Crippen LogP contribution in [0.15, 0.2) is 36.2 Å². The van der Waals surface area contributed by atoms with E-state index >= 15 is 0 Å². The molecule has 1 fully saturated rings. The molecule has 144 valence electrons. The predicted octanol–water partition coefficient (Wildman–Crippen LogP) is 3.36. The lowest BCUT2D eigenvalue weighted by Gasteiger charge is -2.36. The van der Waals surface area contributed by atoms with Crippen LogP contribution in [0.4, 0.5) is 11.6 Å². The highest BCUT2D eigenvalue weighted by Crippen LogP contribution is 2.30. The predicted molar refractivity (Wildman–Crippen MR) is 114 cm³/mol. The average Bonchev–Trinajstić information content (AvgIpc) is 3.34. The maximum Gasteiger partial charge on any atom is 0.154 e. The van der Waals surface area contributed by atoms with Crippen LogP contribution in [-0.4, -0.2) is 50.7 Å². The standard InChI is InChI=1S/C20H23N7S/c1-20(2,3)16-12-15-18(21-5-6-27(15)24-16)25-7-9-26(10-8-25)19-17-14(4-11-28-17)22-13-23-19/h4-6,11-13H,7-10H2,1-3H3. The molecule has 0 radical (unpaired) electrons. The van der Waals surface area contributed by atoms with E-state index in [9.17, 15) is 0 Å². The summed E-state index contributed by atoms with van der Waals surface area (Å²) in [7, 11) is 0. The monoisotopic (exact) mass is 393 g/mol. The van der Waals surface area contributed by atoms with Crippen LogP contribution in [0.2, 0.25) is 0 Å². The van der Waals surface area contributed by atoms with Crippen LogP contribution < -0.4 is 9.80 Å². The smallest absolute Gasteiger partial charge is 0.154 e. The van der Waals surface area contributed by atoms with Crippen LogP contribution >= 0.6 is 11.3 Å². The van der Waals surface area contributed by atoms with E-state index in [1.54, 1.807) is 17.7 Å². The second-order valence-electron chi connectivity index (χ2n) is 8.17. The molecule has 5 rings (SSSR count). The zero-order valence-corrected chi connectivity index (χ0v) is 17.1. The van der Waals surface area contributed by atoms with Gasteiger partial charge in [0.05, 0.1) is 15.9 Å². The first-order valence-corrected chi connectivity index (χ1v) is 10.4. The molecule has 0 saturated carbocycles. The van der Waals surface area contributed by atoms with Gasteiger partial charge in [0.1, 0.15) is 17.7 Å². The van der Waals surface area contributed by atoms with Crippen molar-refractivity contribution in [2.75, 3.05) is 36.0 Å². The minimum Gasteiger partial charge on any atom is -0.352 e. The van der Waals surface area contributed by atoms with Crippen LogP contribution in [0.3, 0.4) is 0 Å². The SMILES string of the molecule is CC(C)(C)c1cc2c(N3CCN(c4ncnc5ccsc45)CC3)nccn2n1. The van der Waals surface area contributed by atoms with Crippen molar-refractivity contribution in [2.24, 2.45) is 0 Å². The summed E-state index contributed by atoms with van der Waals surface area (Å²) in [6.45, 7) is 10.2. The lowest BCUT2D eigenvalue weighted by Crippen LogP contribution is -2.47. The Morgan fingerprint density at radius 1 is 0.964 bits per heavy atom. The fourth-order valence-electron chi connectivity index (χ4n) is 3.65. The van der Waals surface area contributed by atoms with Gasteiger partial charge in [-0.25, -0.2) is 19.5 Å². The molecule has 0 bridgehead atoms. The lowest BCUT2D eigenvalue weighted by atomic mass is 9.92. The Balaban J connectivity index is 1.41. The summed E-state index contributed by atoms with van der Waals surface area (Å²) in [5, 5.41) is 6.83. The molecule has 28 heavy (non-hydrogen) atoms. The Hall–Kier alpha value is -2.74. The molecule has 0 amide bonds. The van der Waals surface area contributed by atoms with Crippen molar-refractivity contribution >= 4 is 38.7 Å². The number of thiophene rings is 1. The molecule has 1 saturated heterocycles. The third-order valence-electron chi connectivity index (χ3n) is 5.24. The second kappa shape index (κ2) is 6.41. The van der Waals surface area contributed by atoms with E-state index in [1.165, 1.54) is 4.70 Å². The first-order valence-electron chi connectivity index (χ1n) is 9.54. The second-order valence-corrected chi connectivity index (χ2v) is 9.08. The third-order valence-corrected chi connectivity index (χ3v) is 6.14.